The van der Waals surface area contributed by atoms with E-state index in [0.717, 1.165) is 17.7 Å². The molecule has 0 aromatic heterocycles. The Balaban J connectivity index is 1.61. The maximum absolute atomic E-state index is 12.9. The lowest BCUT2D eigenvalue weighted by Gasteiger charge is -2.20. The molecule has 2 aromatic rings. The van der Waals surface area contributed by atoms with Crippen molar-refractivity contribution in [3.8, 4) is 5.75 Å². The number of Topliss-reactive ketones (excluding diaryl/α,β-unsaturated/α-hetero) is 1. The molecule has 1 fully saturated rings. The fraction of sp³-hybridized carbons (Fsp3) is 0.318. The molecule has 0 aliphatic carbocycles. The van der Waals surface area contributed by atoms with Gasteiger partial charge in [-0.1, -0.05) is 24.3 Å². The average Bonchev–Trinajstić information content (AvgIpc) is 3.30. The van der Waals surface area contributed by atoms with Crippen LogP contribution in [0.25, 0.3) is 0 Å². The zero-order valence-electron chi connectivity index (χ0n) is 17.0. The van der Waals surface area contributed by atoms with Gasteiger partial charge in [-0.15, -0.1) is 0 Å². The van der Waals surface area contributed by atoms with Gasteiger partial charge in [0.15, 0.2) is 11.9 Å². The maximum atomic E-state index is 12.9. The van der Waals surface area contributed by atoms with Crippen LogP contribution in [-0.4, -0.2) is 61.0 Å². The van der Waals surface area contributed by atoms with Crippen molar-refractivity contribution in [3.63, 3.8) is 0 Å². The molecule has 2 aliphatic rings. The van der Waals surface area contributed by atoms with Crippen molar-refractivity contribution in [3.05, 3.63) is 59.7 Å². The predicted molar refractivity (Wildman–Crippen MR) is 111 cm³/mol. The van der Waals surface area contributed by atoms with Gasteiger partial charge < -0.3 is 4.74 Å². The van der Waals surface area contributed by atoms with Gasteiger partial charge in [0.05, 0.1) is 17.0 Å². The fourth-order valence-electron chi connectivity index (χ4n) is 3.74. The Hall–Kier alpha value is -3.04. The quantitative estimate of drug-likeness (QED) is 0.519. The van der Waals surface area contributed by atoms with Crippen molar-refractivity contribution in [1.82, 2.24) is 9.21 Å². The Morgan fingerprint density at radius 2 is 1.77 bits per heavy atom. The highest BCUT2D eigenvalue weighted by molar-refractivity contribution is 7.89. The standard InChI is InChI=1S/C22H22N2O6S/c1-15-21(26)24(22(27)18-9-2-3-10-20(18)30-15)14-19(25)16-7-6-8-17(13-16)31(28,29)23-11-4-5-12-23/h2-3,6-10,13,15H,4-5,11-12,14H2,1H3/t15-/m0/s1. The van der Waals surface area contributed by atoms with Crippen molar-refractivity contribution in [2.24, 2.45) is 0 Å². The molecule has 8 nitrogen and oxygen atoms in total. The van der Waals surface area contributed by atoms with Crippen LogP contribution >= 0.6 is 0 Å². The molecule has 9 heteroatoms. The van der Waals surface area contributed by atoms with Crippen molar-refractivity contribution in [2.75, 3.05) is 19.6 Å². The van der Waals surface area contributed by atoms with E-state index >= 15 is 0 Å². The van der Waals surface area contributed by atoms with Crippen LogP contribution < -0.4 is 4.74 Å². The van der Waals surface area contributed by atoms with E-state index in [-0.39, 0.29) is 21.8 Å². The van der Waals surface area contributed by atoms with Crippen LogP contribution in [0.1, 0.15) is 40.5 Å². The van der Waals surface area contributed by atoms with Gasteiger partial charge in [-0.3, -0.25) is 19.3 Å². The molecule has 1 atom stereocenters. The van der Waals surface area contributed by atoms with Gasteiger partial charge in [-0.25, -0.2) is 8.42 Å². The second-order valence-corrected chi connectivity index (χ2v) is 9.49. The van der Waals surface area contributed by atoms with Crippen molar-refractivity contribution >= 4 is 27.6 Å². The number of ether oxygens (including phenoxy) is 1. The highest BCUT2D eigenvalue weighted by Crippen LogP contribution is 2.26. The predicted octanol–water partition coefficient (Wildman–Crippen LogP) is 2.10. The summed E-state index contributed by atoms with van der Waals surface area (Å²) in [6.07, 6.45) is 0.666. The number of para-hydroxylation sites is 1. The van der Waals surface area contributed by atoms with Crippen LogP contribution in [0.3, 0.4) is 0 Å². The molecular formula is C22H22N2O6S. The van der Waals surface area contributed by atoms with E-state index in [2.05, 4.69) is 0 Å². The molecule has 0 bridgehead atoms. The Morgan fingerprint density at radius 3 is 2.52 bits per heavy atom. The van der Waals surface area contributed by atoms with Crippen molar-refractivity contribution < 1.29 is 27.5 Å². The van der Waals surface area contributed by atoms with Gasteiger partial charge in [0.25, 0.3) is 11.8 Å². The summed E-state index contributed by atoms with van der Waals surface area (Å²) in [6.45, 7) is 1.91. The molecule has 0 radical (unpaired) electrons. The van der Waals surface area contributed by atoms with Gasteiger partial charge >= 0.3 is 0 Å². The number of fused-ring (bicyclic) bond motifs is 1. The van der Waals surface area contributed by atoms with Crippen LogP contribution in [0.2, 0.25) is 0 Å². The first-order valence-electron chi connectivity index (χ1n) is 10.0. The molecule has 2 aromatic carbocycles. The molecule has 31 heavy (non-hydrogen) atoms. The second-order valence-electron chi connectivity index (χ2n) is 7.55. The molecule has 2 heterocycles. The molecular weight excluding hydrogens is 420 g/mol. The van der Waals surface area contributed by atoms with E-state index < -0.39 is 40.3 Å². The summed E-state index contributed by atoms with van der Waals surface area (Å²) >= 11 is 0. The third-order valence-corrected chi connectivity index (χ3v) is 7.34. The van der Waals surface area contributed by atoms with Crippen molar-refractivity contribution in [1.29, 1.82) is 0 Å². The highest BCUT2D eigenvalue weighted by atomic mass is 32.2. The number of amides is 2. The number of sulfonamides is 1. The Morgan fingerprint density at radius 1 is 1.06 bits per heavy atom. The van der Waals surface area contributed by atoms with Gasteiger partial charge in [0.1, 0.15) is 5.75 Å². The van der Waals surface area contributed by atoms with E-state index in [1.54, 1.807) is 18.2 Å². The number of hydrogen-bond acceptors (Lipinski definition) is 6. The lowest BCUT2D eigenvalue weighted by atomic mass is 10.1. The maximum Gasteiger partial charge on any atom is 0.270 e. The first-order valence-corrected chi connectivity index (χ1v) is 11.5. The molecule has 2 amide bonds. The van der Waals surface area contributed by atoms with Gasteiger partial charge in [0.2, 0.25) is 10.0 Å². The van der Waals surface area contributed by atoms with Crippen LogP contribution in [0, 0.1) is 0 Å². The minimum atomic E-state index is -3.69. The van der Waals surface area contributed by atoms with Gasteiger partial charge in [0, 0.05) is 18.7 Å². The van der Waals surface area contributed by atoms with Crippen molar-refractivity contribution in [2.45, 2.75) is 30.8 Å². The molecule has 0 saturated carbocycles. The summed E-state index contributed by atoms with van der Waals surface area (Å²) in [5.41, 5.74) is 0.310. The van der Waals surface area contributed by atoms with Gasteiger partial charge in [-0.2, -0.15) is 4.31 Å². The van der Waals surface area contributed by atoms with E-state index in [0.29, 0.717) is 13.1 Å². The summed E-state index contributed by atoms with van der Waals surface area (Å²) < 4.78 is 32.6. The summed E-state index contributed by atoms with van der Waals surface area (Å²) in [4.78, 5) is 39.5. The van der Waals surface area contributed by atoms with E-state index in [9.17, 15) is 22.8 Å². The van der Waals surface area contributed by atoms with Crippen LogP contribution in [0.4, 0.5) is 0 Å². The lowest BCUT2D eigenvalue weighted by Crippen LogP contribution is -2.44. The molecule has 162 valence electrons. The van der Waals surface area contributed by atoms with E-state index in [1.165, 1.54) is 41.6 Å². The zero-order chi connectivity index (χ0) is 22.2. The summed E-state index contributed by atoms with van der Waals surface area (Å²) in [5.74, 6) is -1.51. The molecule has 4 rings (SSSR count). The smallest absolute Gasteiger partial charge is 0.270 e. The average molecular weight is 442 g/mol. The zero-order valence-corrected chi connectivity index (χ0v) is 17.8. The fourth-order valence-corrected chi connectivity index (χ4v) is 5.31. The highest BCUT2D eigenvalue weighted by Gasteiger charge is 2.35. The normalized spacial score (nSPS) is 19.6. The minimum absolute atomic E-state index is 0.0239. The SMILES string of the molecule is C[C@@H]1Oc2ccccc2C(=O)N(CC(=O)c2cccc(S(=O)(=O)N3CCCC3)c2)C1=O. The topological polar surface area (TPSA) is 101 Å². The summed E-state index contributed by atoms with van der Waals surface area (Å²) in [7, 11) is -3.69. The Bertz CT molecular complexity index is 1150. The molecule has 0 spiro atoms. The molecule has 0 N–H and O–H groups in total. The Labute approximate surface area is 180 Å². The van der Waals surface area contributed by atoms with Crippen LogP contribution in [0.5, 0.6) is 5.75 Å². The first kappa shape index (κ1) is 21.2. The first-order chi connectivity index (χ1) is 14.8. The molecule has 1 saturated heterocycles. The lowest BCUT2D eigenvalue weighted by molar-refractivity contribution is -0.134. The van der Waals surface area contributed by atoms with E-state index in [1.807, 2.05) is 0 Å². The number of carbonyl (C=O) groups is 3. The minimum Gasteiger partial charge on any atom is -0.480 e. The largest absolute Gasteiger partial charge is 0.480 e. The summed E-state index contributed by atoms with van der Waals surface area (Å²) in [5, 5.41) is 0. The number of carbonyl (C=O) groups excluding carboxylic acids is 3. The number of rotatable bonds is 5. The van der Waals surface area contributed by atoms with Gasteiger partial charge in [-0.05, 0) is 44.0 Å². The number of hydrogen-bond donors (Lipinski definition) is 0. The van der Waals surface area contributed by atoms with Crippen LogP contribution in [0.15, 0.2) is 53.4 Å². The Kier molecular flexibility index (Phi) is 5.63. The van der Waals surface area contributed by atoms with Crippen LogP contribution in [-0.2, 0) is 14.8 Å². The second kappa shape index (κ2) is 8.24. The monoisotopic (exact) mass is 442 g/mol. The third kappa shape index (κ3) is 3.98. The molecule has 0 unspecified atom stereocenters. The van der Waals surface area contributed by atoms with E-state index in [4.69, 9.17) is 4.74 Å². The number of imide groups is 1. The third-order valence-electron chi connectivity index (χ3n) is 5.44. The number of benzene rings is 2. The number of ketones is 1. The summed E-state index contributed by atoms with van der Waals surface area (Å²) in [6, 6.07) is 12.2. The molecule has 2 aliphatic heterocycles. The number of nitrogens with zero attached hydrogens (tertiary/aromatic N) is 2.